The Balaban J connectivity index is 1.67. The molecule has 0 unspecified atom stereocenters. The maximum atomic E-state index is 12.4. The number of ketones is 1. The summed E-state index contributed by atoms with van der Waals surface area (Å²) < 4.78 is 1.98. The number of benzene rings is 2. The maximum Gasteiger partial charge on any atom is 0.221 e. The monoisotopic (exact) mass is 365 g/mol. The summed E-state index contributed by atoms with van der Waals surface area (Å²) in [5.41, 5.74) is 3.48. The summed E-state index contributed by atoms with van der Waals surface area (Å²) in [5.74, 6) is 0.174. The number of amides is 1. The molecule has 1 N–H and O–H groups in total. The highest BCUT2D eigenvalue weighted by atomic mass is 32.2. The molecule has 1 aromatic heterocycles. The van der Waals surface area contributed by atoms with E-state index in [0.29, 0.717) is 17.0 Å². The van der Waals surface area contributed by atoms with Gasteiger partial charge in [-0.25, -0.2) is 4.98 Å². The van der Waals surface area contributed by atoms with Crippen LogP contribution in [0.1, 0.15) is 22.8 Å². The number of thioether (sulfide) groups is 1. The highest BCUT2D eigenvalue weighted by Crippen LogP contribution is 2.22. The summed E-state index contributed by atoms with van der Waals surface area (Å²) in [4.78, 5) is 27.8. The molecular weight excluding hydrogens is 346 g/mol. The summed E-state index contributed by atoms with van der Waals surface area (Å²) in [6.45, 7) is 3.49. The molecule has 26 heavy (non-hydrogen) atoms. The van der Waals surface area contributed by atoms with Crippen LogP contribution in [-0.2, 0) is 4.79 Å². The number of imidazole rings is 1. The number of nitrogens with zero attached hydrogens (tertiary/aromatic N) is 2. The van der Waals surface area contributed by atoms with Crippen LogP contribution in [0.15, 0.2) is 66.1 Å². The van der Waals surface area contributed by atoms with Gasteiger partial charge in [0.15, 0.2) is 10.9 Å². The molecule has 1 amide bonds. The lowest BCUT2D eigenvalue weighted by Gasteiger charge is -2.08. The van der Waals surface area contributed by atoms with Crippen LogP contribution in [0.2, 0.25) is 0 Å². The van der Waals surface area contributed by atoms with Crippen LogP contribution >= 0.6 is 11.8 Å². The van der Waals surface area contributed by atoms with Crippen molar-refractivity contribution in [2.45, 2.75) is 19.0 Å². The standard InChI is InChI=1S/C20H19N3O2S/c1-14-4-3-5-18(12-14)23-11-10-21-20(23)26-13-19(25)16-6-8-17(9-7-16)22-15(2)24/h3-12H,13H2,1-2H3,(H,22,24). The number of aryl methyl sites for hydroxylation is 1. The van der Waals surface area contributed by atoms with Crippen molar-refractivity contribution in [1.82, 2.24) is 9.55 Å². The second-order valence-corrected chi connectivity index (χ2v) is 6.83. The molecule has 3 aromatic rings. The van der Waals surface area contributed by atoms with Gasteiger partial charge < -0.3 is 5.32 Å². The summed E-state index contributed by atoms with van der Waals surface area (Å²) in [6.07, 6.45) is 3.63. The Morgan fingerprint density at radius 2 is 1.92 bits per heavy atom. The molecule has 0 radical (unpaired) electrons. The Bertz CT molecular complexity index is 932. The highest BCUT2D eigenvalue weighted by Gasteiger charge is 2.11. The Morgan fingerprint density at radius 3 is 2.62 bits per heavy atom. The first-order valence-electron chi connectivity index (χ1n) is 8.17. The molecule has 0 bridgehead atoms. The molecule has 2 aromatic carbocycles. The van der Waals surface area contributed by atoms with Crippen LogP contribution in [0.4, 0.5) is 5.69 Å². The summed E-state index contributed by atoms with van der Waals surface area (Å²) >= 11 is 1.40. The van der Waals surface area contributed by atoms with Crippen LogP contribution in [-0.4, -0.2) is 27.0 Å². The zero-order valence-electron chi connectivity index (χ0n) is 14.6. The van der Waals surface area contributed by atoms with Gasteiger partial charge >= 0.3 is 0 Å². The molecule has 0 fully saturated rings. The SMILES string of the molecule is CC(=O)Nc1ccc(C(=O)CSc2nccn2-c2cccc(C)c2)cc1. The zero-order chi connectivity index (χ0) is 18.5. The van der Waals surface area contributed by atoms with Gasteiger partial charge in [0.05, 0.1) is 5.75 Å². The maximum absolute atomic E-state index is 12.4. The Hall–Kier alpha value is -2.86. The van der Waals surface area contributed by atoms with Crippen molar-refractivity contribution in [3.05, 3.63) is 72.1 Å². The molecule has 6 heteroatoms. The predicted molar refractivity (Wildman–Crippen MR) is 104 cm³/mol. The van der Waals surface area contributed by atoms with Crippen molar-refractivity contribution in [1.29, 1.82) is 0 Å². The van der Waals surface area contributed by atoms with Crippen LogP contribution in [0, 0.1) is 6.92 Å². The average Bonchev–Trinajstić information content (AvgIpc) is 3.08. The third-order valence-corrected chi connectivity index (χ3v) is 4.71. The van der Waals surface area contributed by atoms with Crippen LogP contribution < -0.4 is 5.32 Å². The number of aromatic nitrogens is 2. The fourth-order valence-corrected chi connectivity index (χ4v) is 3.39. The lowest BCUT2D eigenvalue weighted by molar-refractivity contribution is -0.114. The number of carbonyl (C=O) groups is 2. The van der Waals surface area contributed by atoms with Crippen molar-refractivity contribution in [3.63, 3.8) is 0 Å². The van der Waals surface area contributed by atoms with Crippen molar-refractivity contribution >= 4 is 29.1 Å². The minimum absolute atomic E-state index is 0.0168. The van der Waals surface area contributed by atoms with E-state index >= 15 is 0 Å². The van der Waals surface area contributed by atoms with E-state index in [4.69, 9.17) is 0 Å². The van der Waals surface area contributed by atoms with Crippen LogP contribution in [0.25, 0.3) is 5.69 Å². The molecule has 0 aliphatic heterocycles. The van der Waals surface area contributed by atoms with Crippen molar-refractivity contribution in [2.24, 2.45) is 0 Å². The molecule has 0 aliphatic carbocycles. The van der Waals surface area contributed by atoms with Crippen molar-refractivity contribution in [2.75, 3.05) is 11.1 Å². The van der Waals surface area contributed by atoms with Gasteiger partial charge in [-0.05, 0) is 48.9 Å². The quantitative estimate of drug-likeness (QED) is 0.527. The molecule has 0 spiro atoms. The number of carbonyl (C=O) groups excluding carboxylic acids is 2. The lowest BCUT2D eigenvalue weighted by atomic mass is 10.1. The smallest absolute Gasteiger partial charge is 0.221 e. The molecule has 0 atom stereocenters. The Kier molecular flexibility index (Phi) is 5.53. The van der Waals surface area contributed by atoms with Gasteiger partial charge in [-0.1, -0.05) is 23.9 Å². The third kappa shape index (κ3) is 4.40. The molecule has 0 saturated heterocycles. The zero-order valence-corrected chi connectivity index (χ0v) is 15.4. The normalized spacial score (nSPS) is 10.5. The van der Waals surface area contributed by atoms with E-state index < -0.39 is 0 Å². The molecular formula is C20H19N3O2S. The van der Waals surface area contributed by atoms with E-state index in [-0.39, 0.29) is 11.7 Å². The van der Waals surface area contributed by atoms with Gasteiger partial charge in [-0.15, -0.1) is 0 Å². The number of anilines is 1. The van der Waals surface area contributed by atoms with Gasteiger partial charge in [0.1, 0.15) is 0 Å². The molecule has 5 nitrogen and oxygen atoms in total. The summed E-state index contributed by atoms with van der Waals surface area (Å²) in [7, 11) is 0. The number of rotatable bonds is 6. The largest absolute Gasteiger partial charge is 0.326 e. The molecule has 132 valence electrons. The van der Waals surface area contributed by atoms with Crippen molar-refractivity contribution in [3.8, 4) is 5.69 Å². The average molecular weight is 365 g/mol. The molecule has 0 aliphatic rings. The fraction of sp³-hybridized carbons (Fsp3) is 0.150. The minimum Gasteiger partial charge on any atom is -0.326 e. The predicted octanol–water partition coefficient (Wildman–Crippen LogP) is 4.11. The van der Waals surface area contributed by atoms with E-state index in [2.05, 4.69) is 16.4 Å². The first kappa shape index (κ1) is 17.9. The van der Waals surface area contributed by atoms with Crippen LogP contribution in [0.3, 0.4) is 0 Å². The molecule has 3 rings (SSSR count). The summed E-state index contributed by atoms with van der Waals surface area (Å²) in [6, 6.07) is 15.0. The van der Waals surface area contributed by atoms with E-state index in [1.807, 2.05) is 35.9 Å². The van der Waals surface area contributed by atoms with E-state index in [9.17, 15) is 9.59 Å². The third-order valence-electron chi connectivity index (χ3n) is 3.75. The number of hydrogen-bond donors (Lipinski definition) is 1. The fourth-order valence-electron chi connectivity index (χ4n) is 2.53. The van der Waals surface area contributed by atoms with E-state index in [1.54, 1.807) is 30.5 Å². The van der Waals surface area contributed by atoms with Gasteiger partial charge in [-0.3, -0.25) is 14.2 Å². The first-order chi connectivity index (χ1) is 12.5. The summed E-state index contributed by atoms with van der Waals surface area (Å²) in [5, 5.41) is 3.46. The number of Topliss-reactive ketones (excluding diaryl/α,β-unsaturated/α-hetero) is 1. The minimum atomic E-state index is -0.136. The Labute approximate surface area is 156 Å². The van der Waals surface area contributed by atoms with E-state index in [0.717, 1.165) is 10.8 Å². The highest BCUT2D eigenvalue weighted by molar-refractivity contribution is 7.99. The second kappa shape index (κ2) is 8.01. The number of nitrogens with one attached hydrogen (secondary N) is 1. The van der Waals surface area contributed by atoms with Crippen LogP contribution in [0.5, 0.6) is 0 Å². The van der Waals surface area contributed by atoms with Gasteiger partial charge in [0, 0.05) is 36.3 Å². The van der Waals surface area contributed by atoms with Crippen molar-refractivity contribution < 1.29 is 9.59 Å². The number of hydrogen-bond acceptors (Lipinski definition) is 4. The second-order valence-electron chi connectivity index (χ2n) is 5.89. The molecule has 0 saturated carbocycles. The van der Waals surface area contributed by atoms with Gasteiger partial charge in [0.25, 0.3) is 0 Å². The van der Waals surface area contributed by atoms with E-state index in [1.165, 1.54) is 24.2 Å². The molecule has 1 heterocycles. The lowest BCUT2D eigenvalue weighted by Crippen LogP contribution is -2.07. The van der Waals surface area contributed by atoms with Gasteiger partial charge in [0.2, 0.25) is 5.91 Å². The van der Waals surface area contributed by atoms with Gasteiger partial charge in [-0.2, -0.15) is 0 Å². The topological polar surface area (TPSA) is 64.0 Å². The first-order valence-corrected chi connectivity index (χ1v) is 9.15. The Morgan fingerprint density at radius 1 is 1.15 bits per heavy atom.